The van der Waals surface area contributed by atoms with Gasteiger partial charge in [-0.3, -0.25) is 4.79 Å². The van der Waals surface area contributed by atoms with Gasteiger partial charge in [-0.25, -0.2) is 4.79 Å². The monoisotopic (exact) mass is 452 g/mol. The number of carbonyl (C=O) groups is 2. The number of carbonyl (C=O) groups excluding carboxylic acids is 2. The minimum absolute atomic E-state index is 0.0158. The number of amides is 3. The van der Waals surface area contributed by atoms with Gasteiger partial charge in [0.2, 0.25) is 5.91 Å². The van der Waals surface area contributed by atoms with Gasteiger partial charge in [-0.05, 0) is 24.3 Å². The molecule has 1 atom stereocenters. The van der Waals surface area contributed by atoms with Crippen molar-refractivity contribution in [1.82, 2.24) is 10.2 Å². The summed E-state index contributed by atoms with van der Waals surface area (Å²) in [4.78, 5) is 31.2. The lowest BCUT2D eigenvalue weighted by molar-refractivity contribution is -0.117. The van der Waals surface area contributed by atoms with Crippen LogP contribution in [0.1, 0.15) is 6.42 Å². The smallest absolute Gasteiger partial charge is 0.317 e. The van der Waals surface area contributed by atoms with Gasteiger partial charge in [0, 0.05) is 50.9 Å². The average molecular weight is 453 g/mol. The number of rotatable bonds is 4. The molecule has 0 bridgehead atoms. The molecule has 174 valence electrons. The molecule has 2 fully saturated rings. The maximum absolute atomic E-state index is 12.9. The first-order chi connectivity index (χ1) is 16.1. The number of piperazine rings is 1. The molecule has 2 saturated heterocycles. The summed E-state index contributed by atoms with van der Waals surface area (Å²) >= 11 is 0. The average Bonchev–Trinajstić information content (AvgIpc) is 3.23. The number of para-hydroxylation sites is 2. The molecule has 0 aromatic heterocycles. The van der Waals surface area contributed by atoms with Crippen molar-refractivity contribution in [2.75, 3.05) is 62.8 Å². The van der Waals surface area contributed by atoms with Crippen LogP contribution in [0.3, 0.4) is 0 Å². The maximum Gasteiger partial charge on any atom is 0.317 e. The van der Waals surface area contributed by atoms with E-state index in [-0.39, 0.29) is 24.4 Å². The second kappa shape index (κ2) is 9.09. The summed E-state index contributed by atoms with van der Waals surface area (Å²) in [6, 6.07) is 13.1. The summed E-state index contributed by atoms with van der Waals surface area (Å²) in [5, 5.41) is 3.04. The van der Waals surface area contributed by atoms with E-state index < -0.39 is 0 Å². The summed E-state index contributed by atoms with van der Waals surface area (Å²) < 4.78 is 16.7. The Hall–Kier alpha value is -3.62. The molecule has 5 rings (SSSR count). The van der Waals surface area contributed by atoms with Gasteiger partial charge in [0.15, 0.2) is 11.5 Å². The zero-order valence-corrected chi connectivity index (χ0v) is 18.7. The molecule has 2 aromatic carbocycles. The van der Waals surface area contributed by atoms with Crippen molar-refractivity contribution >= 4 is 23.3 Å². The van der Waals surface area contributed by atoms with Crippen LogP contribution < -0.4 is 29.3 Å². The zero-order chi connectivity index (χ0) is 22.8. The molecule has 1 N–H and O–H groups in total. The van der Waals surface area contributed by atoms with Gasteiger partial charge < -0.3 is 34.2 Å². The van der Waals surface area contributed by atoms with Crippen LogP contribution in [-0.4, -0.2) is 75.9 Å². The Kier molecular flexibility index (Phi) is 5.85. The van der Waals surface area contributed by atoms with Crippen molar-refractivity contribution < 1.29 is 23.8 Å². The molecule has 9 heteroatoms. The van der Waals surface area contributed by atoms with Crippen LogP contribution >= 0.6 is 0 Å². The van der Waals surface area contributed by atoms with E-state index >= 15 is 0 Å². The summed E-state index contributed by atoms with van der Waals surface area (Å²) in [6.45, 7) is 4.11. The normalized spacial score (nSPS) is 20.1. The van der Waals surface area contributed by atoms with Crippen LogP contribution in [0.2, 0.25) is 0 Å². The number of nitrogens with zero attached hydrogens (tertiary/aromatic N) is 3. The molecular formula is C24H28N4O5. The van der Waals surface area contributed by atoms with Crippen LogP contribution in [0.5, 0.6) is 17.2 Å². The van der Waals surface area contributed by atoms with Gasteiger partial charge in [0.05, 0.1) is 18.8 Å². The number of hydrogen-bond acceptors (Lipinski definition) is 6. The molecule has 2 aromatic rings. The summed E-state index contributed by atoms with van der Waals surface area (Å²) in [7, 11) is 1.67. The summed E-state index contributed by atoms with van der Waals surface area (Å²) in [6.07, 6.45) is 0.279. The molecule has 1 unspecified atom stereocenters. The van der Waals surface area contributed by atoms with E-state index in [0.29, 0.717) is 44.3 Å². The lowest BCUT2D eigenvalue weighted by Gasteiger charge is -2.37. The highest BCUT2D eigenvalue weighted by atomic mass is 16.6. The van der Waals surface area contributed by atoms with Crippen LogP contribution in [0.25, 0.3) is 0 Å². The number of ether oxygens (including phenoxy) is 3. The first-order valence-electron chi connectivity index (χ1n) is 11.3. The number of anilines is 2. The third kappa shape index (κ3) is 4.35. The van der Waals surface area contributed by atoms with Gasteiger partial charge in [0.1, 0.15) is 19.0 Å². The molecule has 0 spiro atoms. The van der Waals surface area contributed by atoms with Crippen LogP contribution in [0, 0.1) is 0 Å². The maximum atomic E-state index is 12.9. The van der Waals surface area contributed by atoms with Gasteiger partial charge in [-0.15, -0.1) is 0 Å². The van der Waals surface area contributed by atoms with Crippen molar-refractivity contribution in [3.63, 3.8) is 0 Å². The number of nitrogens with one attached hydrogen (secondary N) is 1. The molecule has 3 aliphatic heterocycles. The number of methoxy groups -OCH3 is 1. The van der Waals surface area contributed by atoms with Gasteiger partial charge in [-0.1, -0.05) is 12.1 Å². The van der Waals surface area contributed by atoms with Crippen LogP contribution in [0.15, 0.2) is 42.5 Å². The molecule has 3 aliphatic rings. The fraction of sp³-hybridized carbons (Fsp3) is 0.417. The van der Waals surface area contributed by atoms with E-state index in [1.54, 1.807) is 12.0 Å². The SMILES string of the molecule is COc1ccccc1N1CCN(C(=O)NC2CC(=O)N(c3ccc4c(c3)OCCO4)C2)CC1. The minimum Gasteiger partial charge on any atom is -0.495 e. The van der Waals surface area contributed by atoms with E-state index in [9.17, 15) is 9.59 Å². The van der Waals surface area contributed by atoms with Crippen LogP contribution in [-0.2, 0) is 4.79 Å². The Morgan fingerprint density at radius 3 is 2.58 bits per heavy atom. The highest BCUT2D eigenvalue weighted by Gasteiger charge is 2.34. The standard InChI is InChI=1S/C24H28N4O5/c1-31-20-5-3-2-4-19(20)26-8-10-27(11-9-26)24(30)25-17-14-23(29)28(16-17)18-6-7-21-22(15-18)33-13-12-32-21/h2-7,15,17H,8-14,16H2,1H3,(H,25,30). The van der Waals surface area contributed by atoms with Gasteiger partial charge in [0.25, 0.3) is 0 Å². The van der Waals surface area contributed by atoms with Gasteiger partial charge in [-0.2, -0.15) is 0 Å². The highest BCUT2D eigenvalue weighted by molar-refractivity contribution is 5.97. The lowest BCUT2D eigenvalue weighted by atomic mass is 10.2. The number of benzene rings is 2. The molecular weight excluding hydrogens is 424 g/mol. The third-order valence-electron chi connectivity index (χ3n) is 6.28. The van der Waals surface area contributed by atoms with E-state index in [1.807, 2.05) is 47.4 Å². The van der Waals surface area contributed by atoms with E-state index in [2.05, 4.69) is 10.2 Å². The first kappa shape index (κ1) is 21.2. The van der Waals surface area contributed by atoms with E-state index in [1.165, 1.54) is 0 Å². The van der Waals surface area contributed by atoms with Crippen molar-refractivity contribution in [3.05, 3.63) is 42.5 Å². The Bertz CT molecular complexity index is 1040. The molecule has 0 radical (unpaired) electrons. The fourth-order valence-electron chi connectivity index (χ4n) is 4.56. The van der Waals surface area contributed by atoms with E-state index in [0.717, 1.165) is 30.2 Å². The van der Waals surface area contributed by atoms with Crippen molar-refractivity contribution in [2.45, 2.75) is 12.5 Å². The van der Waals surface area contributed by atoms with Crippen molar-refractivity contribution in [1.29, 1.82) is 0 Å². The number of urea groups is 1. The Morgan fingerprint density at radius 2 is 1.79 bits per heavy atom. The second-order valence-electron chi connectivity index (χ2n) is 8.33. The lowest BCUT2D eigenvalue weighted by Crippen LogP contribution is -2.54. The molecule has 9 nitrogen and oxygen atoms in total. The minimum atomic E-state index is -0.231. The number of hydrogen-bond donors (Lipinski definition) is 1. The zero-order valence-electron chi connectivity index (χ0n) is 18.7. The summed E-state index contributed by atoms with van der Waals surface area (Å²) in [5.41, 5.74) is 1.79. The fourth-order valence-corrected chi connectivity index (χ4v) is 4.56. The van der Waals surface area contributed by atoms with Crippen molar-refractivity contribution in [2.24, 2.45) is 0 Å². The predicted octanol–water partition coefficient (Wildman–Crippen LogP) is 2.10. The number of fused-ring (bicyclic) bond motifs is 1. The largest absolute Gasteiger partial charge is 0.495 e. The molecule has 3 heterocycles. The first-order valence-corrected chi connectivity index (χ1v) is 11.3. The Morgan fingerprint density at radius 1 is 1.03 bits per heavy atom. The predicted molar refractivity (Wildman–Crippen MR) is 124 cm³/mol. The Labute approximate surface area is 192 Å². The molecule has 33 heavy (non-hydrogen) atoms. The summed E-state index contributed by atoms with van der Waals surface area (Å²) in [5.74, 6) is 2.15. The van der Waals surface area contributed by atoms with Crippen molar-refractivity contribution in [3.8, 4) is 17.2 Å². The third-order valence-corrected chi connectivity index (χ3v) is 6.28. The molecule has 3 amide bonds. The van der Waals surface area contributed by atoms with Crippen LogP contribution in [0.4, 0.5) is 16.2 Å². The topological polar surface area (TPSA) is 83.6 Å². The Balaban J connectivity index is 1.16. The molecule has 0 aliphatic carbocycles. The van der Waals surface area contributed by atoms with Gasteiger partial charge >= 0.3 is 6.03 Å². The second-order valence-corrected chi connectivity index (χ2v) is 8.33. The van der Waals surface area contributed by atoms with E-state index in [4.69, 9.17) is 14.2 Å². The molecule has 0 saturated carbocycles. The quantitative estimate of drug-likeness (QED) is 0.765. The highest BCUT2D eigenvalue weighted by Crippen LogP contribution is 2.35.